The molecule has 0 bridgehead atoms. The van der Waals surface area contributed by atoms with Crippen LogP contribution in [0.15, 0.2) is 179 Å². The number of fused-ring (bicyclic) bond motifs is 8. The van der Waals surface area contributed by atoms with Crippen molar-refractivity contribution in [3.63, 3.8) is 0 Å². The first-order valence-electron chi connectivity index (χ1n) is 17.4. The second-order valence-corrected chi connectivity index (χ2v) is 14.3. The van der Waals surface area contributed by atoms with Crippen LogP contribution in [0.25, 0.3) is 86.6 Å². The smallest absolute Gasteiger partial charge is 0.228 e. The molecule has 11 rings (SSSR count). The Morgan fingerprint density at radius 2 is 1.17 bits per heavy atom. The predicted octanol–water partition coefficient (Wildman–Crippen LogP) is 14.1. The third kappa shape index (κ3) is 4.64. The summed E-state index contributed by atoms with van der Waals surface area (Å²) in [6.07, 6.45) is 0. The number of para-hydroxylation sites is 2. The van der Waals surface area contributed by atoms with E-state index in [-0.39, 0.29) is 0 Å². The molecule has 3 heterocycles. The van der Waals surface area contributed by atoms with E-state index in [4.69, 9.17) is 13.8 Å². The first-order chi connectivity index (χ1) is 25.7. The highest BCUT2D eigenvalue weighted by Crippen LogP contribution is 2.44. The van der Waals surface area contributed by atoms with Gasteiger partial charge in [0.2, 0.25) is 5.89 Å². The maximum atomic E-state index is 6.46. The van der Waals surface area contributed by atoms with Crippen molar-refractivity contribution < 1.29 is 8.83 Å². The highest BCUT2D eigenvalue weighted by molar-refractivity contribution is 7.25. The van der Waals surface area contributed by atoms with Crippen molar-refractivity contribution in [2.45, 2.75) is 0 Å². The molecule has 244 valence electrons. The molecule has 0 aliphatic carbocycles. The maximum Gasteiger partial charge on any atom is 0.228 e. The zero-order valence-electron chi connectivity index (χ0n) is 27.8. The zero-order chi connectivity index (χ0) is 34.2. The molecule has 0 fully saturated rings. The van der Waals surface area contributed by atoms with Gasteiger partial charge >= 0.3 is 0 Å². The molecule has 0 radical (unpaired) electrons. The summed E-state index contributed by atoms with van der Waals surface area (Å²) in [6, 6.07) is 60.0. The Hall–Kier alpha value is -6.69. The summed E-state index contributed by atoms with van der Waals surface area (Å²) in [6.45, 7) is 0. The molecular weight excluding hydrogens is 657 g/mol. The molecule has 0 spiro atoms. The quantitative estimate of drug-likeness (QED) is 0.181. The van der Waals surface area contributed by atoms with Crippen molar-refractivity contribution in [2.24, 2.45) is 0 Å². The lowest BCUT2D eigenvalue weighted by Gasteiger charge is -2.26. The molecule has 8 aromatic carbocycles. The van der Waals surface area contributed by atoms with E-state index in [0.29, 0.717) is 5.89 Å². The highest BCUT2D eigenvalue weighted by Gasteiger charge is 2.20. The SMILES string of the molecule is c1cc(-c2ccc3ccccc3c2)cc(N(c2ccc3sc4ccccc4c3c2)c2ccc3oc4cccc(-c5nc6ccccc6o5)c4c3c2)c1. The Labute approximate surface area is 302 Å². The molecule has 0 saturated heterocycles. The van der Waals surface area contributed by atoms with Crippen LogP contribution in [0.5, 0.6) is 0 Å². The number of aromatic nitrogens is 1. The van der Waals surface area contributed by atoms with Crippen LogP contribution in [-0.2, 0) is 0 Å². The van der Waals surface area contributed by atoms with Gasteiger partial charge in [0.25, 0.3) is 0 Å². The fraction of sp³-hybridized carbons (Fsp3) is 0. The van der Waals surface area contributed by atoms with Crippen molar-refractivity contribution in [1.29, 1.82) is 0 Å². The van der Waals surface area contributed by atoms with Gasteiger partial charge < -0.3 is 13.7 Å². The fourth-order valence-corrected chi connectivity index (χ4v) is 8.70. The first kappa shape index (κ1) is 29.1. The molecule has 0 aliphatic heterocycles. The number of nitrogens with zero attached hydrogens (tertiary/aromatic N) is 2. The van der Waals surface area contributed by atoms with Crippen LogP contribution in [0.2, 0.25) is 0 Å². The van der Waals surface area contributed by atoms with E-state index in [0.717, 1.165) is 61.2 Å². The molecule has 4 nitrogen and oxygen atoms in total. The number of benzene rings is 8. The lowest BCUT2D eigenvalue weighted by molar-refractivity contribution is 0.620. The van der Waals surface area contributed by atoms with Crippen molar-refractivity contribution in [3.8, 4) is 22.6 Å². The van der Waals surface area contributed by atoms with Crippen LogP contribution in [0, 0.1) is 0 Å². The number of hydrogen-bond donors (Lipinski definition) is 0. The van der Waals surface area contributed by atoms with Crippen molar-refractivity contribution in [3.05, 3.63) is 170 Å². The van der Waals surface area contributed by atoms with E-state index in [9.17, 15) is 0 Å². The van der Waals surface area contributed by atoms with Gasteiger partial charge in [-0.05, 0) is 107 Å². The van der Waals surface area contributed by atoms with Crippen LogP contribution in [0.1, 0.15) is 0 Å². The van der Waals surface area contributed by atoms with Gasteiger partial charge in [-0.15, -0.1) is 11.3 Å². The molecule has 0 unspecified atom stereocenters. The summed E-state index contributed by atoms with van der Waals surface area (Å²) >= 11 is 1.83. The van der Waals surface area contributed by atoms with E-state index >= 15 is 0 Å². The Morgan fingerprint density at radius 1 is 0.442 bits per heavy atom. The molecular formula is C47H28N2O2S. The Bertz CT molecular complexity index is 3130. The van der Waals surface area contributed by atoms with Gasteiger partial charge in [0.1, 0.15) is 16.7 Å². The van der Waals surface area contributed by atoms with E-state index in [1.807, 2.05) is 47.7 Å². The van der Waals surface area contributed by atoms with Gasteiger partial charge in [-0.1, -0.05) is 84.9 Å². The van der Waals surface area contributed by atoms with Crippen LogP contribution in [0.4, 0.5) is 17.1 Å². The summed E-state index contributed by atoms with van der Waals surface area (Å²) in [7, 11) is 0. The van der Waals surface area contributed by atoms with Gasteiger partial charge in [0, 0.05) is 53.6 Å². The molecule has 5 heteroatoms. The molecule has 0 N–H and O–H groups in total. The maximum absolute atomic E-state index is 6.46. The van der Waals surface area contributed by atoms with Crippen LogP contribution >= 0.6 is 11.3 Å². The third-order valence-electron chi connectivity index (χ3n) is 10.1. The van der Waals surface area contributed by atoms with Crippen LogP contribution < -0.4 is 4.90 Å². The van der Waals surface area contributed by atoms with E-state index in [1.54, 1.807) is 0 Å². The molecule has 0 aliphatic rings. The average molecular weight is 685 g/mol. The molecule has 0 saturated carbocycles. The standard InChI is InChI=1S/C47H28N2O2S/c1-2-10-30-25-32(20-19-29(30)9-1)31-11-7-12-33(26-31)49(35-22-24-45-38(27-35)36-13-3-6-18-44(36)52-45)34-21-23-41-39(28-34)46-37(14-8-17-43(46)50-41)47-48-40-15-4-5-16-42(40)51-47/h1-28H. The minimum absolute atomic E-state index is 0.578. The monoisotopic (exact) mass is 684 g/mol. The van der Waals surface area contributed by atoms with E-state index in [2.05, 4.69) is 138 Å². The first-order valence-corrected chi connectivity index (χ1v) is 18.2. The Morgan fingerprint density at radius 3 is 2.12 bits per heavy atom. The minimum Gasteiger partial charge on any atom is -0.456 e. The topological polar surface area (TPSA) is 42.4 Å². The van der Waals surface area contributed by atoms with Crippen molar-refractivity contribution >= 4 is 92.4 Å². The van der Waals surface area contributed by atoms with Gasteiger partial charge in [0.15, 0.2) is 5.58 Å². The summed E-state index contributed by atoms with van der Waals surface area (Å²) in [5.41, 5.74) is 9.61. The zero-order valence-corrected chi connectivity index (χ0v) is 28.6. The van der Waals surface area contributed by atoms with Gasteiger partial charge in [-0.3, -0.25) is 0 Å². The Kier molecular flexibility index (Phi) is 6.39. The highest BCUT2D eigenvalue weighted by atomic mass is 32.1. The Balaban J connectivity index is 1.13. The second-order valence-electron chi connectivity index (χ2n) is 13.2. The van der Waals surface area contributed by atoms with Crippen molar-refractivity contribution in [2.75, 3.05) is 4.90 Å². The molecule has 0 atom stereocenters. The van der Waals surface area contributed by atoms with Gasteiger partial charge in [-0.25, -0.2) is 4.98 Å². The minimum atomic E-state index is 0.578. The van der Waals surface area contributed by atoms with Gasteiger partial charge in [-0.2, -0.15) is 0 Å². The molecule has 0 amide bonds. The van der Waals surface area contributed by atoms with E-state index in [1.165, 1.54) is 36.5 Å². The van der Waals surface area contributed by atoms with Crippen LogP contribution in [0.3, 0.4) is 0 Å². The summed E-state index contributed by atoms with van der Waals surface area (Å²) in [5, 5.41) is 6.97. The summed E-state index contributed by atoms with van der Waals surface area (Å²) in [4.78, 5) is 7.22. The number of rotatable bonds is 5. The number of oxazole rings is 1. The van der Waals surface area contributed by atoms with Gasteiger partial charge in [0.05, 0.1) is 0 Å². The number of hydrogen-bond acceptors (Lipinski definition) is 5. The predicted molar refractivity (Wildman–Crippen MR) is 217 cm³/mol. The van der Waals surface area contributed by atoms with Crippen LogP contribution in [-0.4, -0.2) is 4.98 Å². The summed E-state index contributed by atoms with van der Waals surface area (Å²) < 4.78 is 15.3. The molecule has 3 aromatic heterocycles. The largest absolute Gasteiger partial charge is 0.456 e. The number of furan rings is 1. The van der Waals surface area contributed by atoms with E-state index < -0.39 is 0 Å². The average Bonchev–Trinajstić information content (AvgIpc) is 3.91. The molecule has 11 aromatic rings. The normalized spacial score (nSPS) is 11.8. The second kappa shape index (κ2) is 11.4. The number of thiophene rings is 1. The number of anilines is 3. The lowest BCUT2D eigenvalue weighted by atomic mass is 10.00. The summed E-state index contributed by atoms with van der Waals surface area (Å²) in [5.74, 6) is 0.578. The van der Waals surface area contributed by atoms with Crippen molar-refractivity contribution in [1.82, 2.24) is 4.98 Å². The lowest BCUT2D eigenvalue weighted by Crippen LogP contribution is -2.10. The third-order valence-corrected chi connectivity index (χ3v) is 11.2. The molecule has 52 heavy (non-hydrogen) atoms. The fourth-order valence-electron chi connectivity index (χ4n) is 7.61.